The molecule has 3 nitrogen and oxygen atoms in total. The van der Waals surface area contributed by atoms with Crippen LogP contribution in [0.5, 0.6) is 5.88 Å². The van der Waals surface area contributed by atoms with E-state index in [-0.39, 0.29) is 0 Å². The van der Waals surface area contributed by atoms with Gasteiger partial charge in [-0.05, 0) is 12.5 Å². The molecule has 1 aromatic heterocycles. The minimum atomic E-state index is 0.745. The van der Waals surface area contributed by atoms with E-state index in [1.54, 1.807) is 23.5 Å². The lowest BCUT2D eigenvalue weighted by molar-refractivity contribution is 0.341. The molecule has 0 saturated carbocycles. The second kappa shape index (κ2) is 3.75. The molecule has 0 aromatic carbocycles. The van der Waals surface area contributed by atoms with E-state index in [4.69, 9.17) is 4.74 Å². The number of thioether (sulfide) groups is 2. The topological polar surface area (TPSA) is 35.0 Å². The van der Waals surface area contributed by atoms with Crippen LogP contribution in [-0.2, 0) is 6.42 Å². The third-order valence-electron chi connectivity index (χ3n) is 1.88. The van der Waals surface area contributed by atoms with Crippen molar-refractivity contribution in [3.63, 3.8) is 0 Å². The first-order valence-electron chi connectivity index (χ1n) is 3.97. The minimum Gasteiger partial charge on any atom is -0.477 e. The van der Waals surface area contributed by atoms with Crippen molar-refractivity contribution in [1.29, 1.82) is 0 Å². The maximum absolute atomic E-state index is 5.41. The predicted octanol–water partition coefficient (Wildman–Crippen LogP) is 1.86. The molecule has 0 atom stereocenters. The molecular weight excluding hydrogens is 204 g/mol. The average molecular weight is 214 g/mol. The Morgan fingerprint density at radius 2 is 2.08 bits per heavy atom. The molecule has 0 aliphatic carbocycles. The van der Waals surface area contributed by atoms with Gasteiger partial charge in [-0.15, -0.1) is 11.8 Å². The molecule has 0 radical (unpaired) electrons. The van der Waals surface area contributed by atoms with Crippen LogP contribution in [0.25, 0.3) is 0 Å². The summed E-state index contributed by atoms with van der Waals surface area (Å²) < 4.78 is 5.41. The van der Waals surface area contributed by atoms with Crippen LogP contribution in [-0.4, -0.2) is 29.1 Å². The Hall–Kier alpha value is -0.420. The average Bonchev–Trinajstić information content (AvgIpc) is 2.63. The number of hydrogen-bond donors (Lipinski definition) is 0. The summed E-state index contributed by atoms with van der Waals surface area (Å²) in [6, 6.07) is 0. The van der Waals surface area contributed by atoms with Crippen molar-refractivity contribution in [1.82, 2.24) is 9.97 Å². The van der Waals surface area contributed by atoms with E-state index in [1.165, 1.54) is 5.56 Å². The summed E-state index contributed by atoms with van der Waals surface area (Å²) in [5.74, 6) is 0.781. The number of ether oxygens (including phenoxy) is 1. The van der Waals surface area contributed by atoms with Crippen molar-refractivity contribution >= 4 is 23.5 Å². The zero-order valence-corrected chi connectivity index (χ0v) is 9.17. The lowest BCUT2D eigenvalue weighted by atomic mass is 10.3. The quantitative estimate of drug-likeness (QED) is 0.426. The van der Waals surface area contributed by atoms with Crippen molar-refractivity contribution in [2.75, 3.05) is 19.1 Å². The smallest absolute Gasteiger partial charge is 0.221 e. The molecule has 5 heteroatoms. The van der Waals surface area contributed by atoms with Gasteiger partial charge in [0.1, 0.15) is 5.03 Å². The van der Waals surface area contributed by atoms with Crippen LogP contribution in [0.2, 0.25) is 0 Å². The number of aromatic nitrogens is 2. The fourth-order valence-electron chi connectivity index (χ4n) is 1.27. The van der Waals surface area contributed by atoms with Crippen LogP contribution < -0.4 is 4.74 Å². The third kappa shape index (κ3) is 1.62. The molecular formula is C8H10N2OS2. The third-order valence-corrected chi connectivity index (χ3v) is 3.15. The van der Waals surface area contributed by atoms with Gasteiger partial charge in [0.15, 0.2) is 5.16 Å². The van der Waals surface area contributed by atoms with E-state index in [2.05, 4.69) is 9.97 Å². The Morgan fingerprint density at radius 3 is 2.77 bits per heavy atom. The van der Waals surface area contributed by atoms with Crippen LogP contribution in [0.4, 0.5) is 0 Å². The molecule has 1 aliphatic rings. The van der Waals surface area contributed by atoms with Gasteiger partial charge in [-0.3, -0.25) is 0 Å². The van der Waals surface area contributed by atoms with Gasteiger partial charge >= 0.3 is 0 Å². The highest BCUT2D eigenvalue weighted by atomic mass is 32.2. The number of hydrogen-bond acceptors (Lipinski definition) is 5. The number of rotatable bonds is 2. The normalized spacial score (nSPS) is 14.0. The zero-order valence-electron chi connectivity index (χ0n) is 7.53. The van der Waals surface area contributed by atoms with Gasteiger partial charge in [0.2, 0.25) is 5.88 Å². The lowest BCUT2D eigenvalue weighted by Crippen LogP contribution is -1.93. The Labute approximate surface area is 85.7 Å². The molecule has 2 rings (SSSR count). The van der Waals surface area contributed by atoms with E-state index in [9.17, 15) is 0 Å². The van der Waals surface area contributed by atoms with Gasteiger partial charge in [-0.1, -0.05) is 11.8 Å². The summed E-state index contributed by atoms with van der Waals surface area (Å²) in [4.78, 5) is 8.71. The molecule has 0 fully saturated rings. The molecule has 0 N–H and O–H groups in total. The maximum atomic E-state index is 5.41. The summed E-state index contributed by atoms with van der Waals surface area (Å²) in [6.45, 7) is 0.745. The highest BCUT2D eigenvalue weighted by Crippen LogP contribution is 2.31. The van der Waals surface area contributed by atoms with Gasteiger partial charge in [0.25, 0.3) is 0 Å². The molecule has 70 valence electrons. The molecule has 0 amide bonds. The molecule has 13 heavy (non-hydrogen) atoms. The van der Waals surface area contributed by atoms with Crippen molar-refractivity contribution in [3.05, 3.63) is 5.56 Å². The fraction of sp³-hybridized carbons (Fsp3) is 0.500. The summed E-state index contributed by atoms with van der Waals surface area (Å²) in [6.07, 6.45) is 4.95. The molecule has 0 unspecified atom stereocenters. The largest absolute Gasteiger partial charge is 0.477 e. The number of nitrogens with zero attached hydrogens (tertiary/aromatic N) is 2. The second-order valence-corrected chi connectivity index (χ2v) is 4.17. The van der Waals surface area contributed by atoms with Crippen LogP contribution in [0.15, 0.2) is 10.2 Å². The minimum absolute atomic E-state index is 0.745. The van der Waals surface area contributed by atoms with E-state index in [1.807, 2.05) is 12.5 Å². The van der Waals surface area contributed by atoms with Crippen molar-refractivity contribution < 1.29 is 4.74 Å². The van der Waals surface area contributed by atoms with Crippen LogP contribution in [0.1, 0.15) is 5.56 Å². The Bertz CT molecular complexity index is 330. The summed E-state index contributed by atoms with van der Waals surface area (Å²) in [5, 5.41) is 1.86. The van der Waals surface area contributed by atoms with Gasteiger partial charge in [-0.25, -0.2) is 4.98 Å². The van der Waals surface area contributed by atoms with Crippen molar-refractivity contribution in [2.45, 2.75) is 16.6 Å². The lowest BCUT2D eigenvalue weighted by Gasteiger charge is -2.04. The predicted molar refractivity (Wildman–Crippen MR) is 54.8 cm³/mol. The van der Waals surface area contributed by atoms with Gasteiger partial charge in [-0.2, -0.15) is 4.98 Å². The summed E-state index contributed by atoms with van der Waals surface area (Å²) >= 11 is 3.21. The standard InChI is InChI=1S/C8H10N2OS2/c1-12-7-5-3-4-11-6(5)9-8(10-7)13-2/h3-4H2,1-2H3. The summed E-state index contributed by atoms with van der Waals surface area (Å²) in [5.41, 5.74) is 1.17. The second-order valence-electron chi connectivity index (χ2n) is 2.60. The fourth-order valence-corrected chi connectivity index (χ4v) is 2.30. The molecule has 2 heterocycles. The van der Waals surface area contributed by atoms with E-state index >= 15 is 0 Å². The zero-order chi connectivity index (χ0) is 9.26. The highest BCUT2D eigenvalue weighted by Gasteiger charge is 2.19. The SMILES string of the molecule is CSc1nc2c(c(SC)n1)CCO2. The maximum Gasteiger partial charge on any atom is 0.221 e. The van der Waals surface area contributed by atoms with E-state index in [0.29, 0.717) is 0 Å². The molecule has 0 spiro atoms. The Morgan fingerprint density at radius 1 is 1.23 bits per heavy atom. The molecule has 1 aromatic rings. The monoisotopic (exact) mass is 214 g/mol. The first-order valence-corrected chi connectivity index (χ1v) is 6.42. The van der Waals surface area contributed by atoms with E-state index < -0.39 is 0 Å². The van der Waals surface area contributed by atoms with Crippen LogP contribution >= 0.6 is 23.5 Å². The number of fused-ring (bicyclic) bond motifs is 1. The van der Waals surface area contributed by atoms with Gasteiger partial charge in [0, 0.05) is 12.0 Å². The van der Waals surface area contributed by atoms with Crippen LogP contribution in [0.3, 0.4) is 0 Å². The van der Waals surface area contributed by atoms with E-state index in [0.717, 1.165) is 29.1 Å². The first-order chi connectivity index (χ1) is 6.35. The molecule has 0 bridgehead atoms. The molecule has 0 saturated heterocycles. The Kier molecular flexibility index (Phi) is 2.64. The van der Waals surface area contributed by atoms with Crippen molar-refractivity contribution in [3.8, 4) is 5.88 Å². The Balaban J connectivity index is 2.49. The van der Waals surface area contributed by atoms with Gasteiger partial charge < -0.3 is 4.74 Å². The summed E-state index contributed by atoms with van der Waals surface area (Å²) in [7, 11) is 0. The van der Waals surface area contributed by atoms with Crippen molar-refractivity contribution in [2.24, 2.45) is 0 Å². The first kappa shape index (κ1) is 9.15. The molecule has 1 aliphatic heterocycles. The van der Waals surface area contributed by atoms with Gasteiger partial charge in [0.05, 0.1) is 6.61 Å². The highest BCUT2D eigenvalue weighted by molar-refractivity contribution is 7.99. The van der Waals surface area contributed by atoms with Crippen LogP contribution in [0, 0.1) is 0 Å².